The summed E-state index contributed by atoms with van der Waals surface area (Å²) in [5.41, 5.74) is 0. The molecule has 0 saturated carbocycles. The summed E-state index contributed by atoms with van der Waals surface area (Å²) in [7, 11) is 0. The molecule has 1 heterocycles. The molecule has 4 heteroatoms. The Labute approximate surface area is 110 Å². The molecule has 4 nitrogen and oxygen atoms in total. The molecule has 0 aliphatic carbocycles. The van der Waals surface area contributed by atoms with Crippen LogP contribution in [0.2, 0.25) is 0 Å². The fraction of sp³-hybridized carbons (Fsp3) is 0.929. The SMILES string of the molecule is CCCC(OC1CC(C)OC(C)C1)C(=O)OCC. The molecule has 0 aromatic heterocycles. The maximum Gasteiger partial charge on any atom is 0.335 e. The van der Waals surface area contributed by atoms with Crippen LogP contribution in [0.15, 0.2) is 0 Å². The van der Waals surface area contributed by atoms with Crippen LogP contribution in [0.25, 0.3) is 0 Å². The van der Waals surface area contributed by atoms with E-state index in [0.717, 1.165) is 25.7 Å². The third-order valence-corrected chi connectivity index (χ3v) is 3.11. The predicted octanol–water partition coefficient (Wildman–Crippen LogP) is 2.69. The van der Waals surface area contributed by atoms with E-state index in [1.54, 1.807) is 0 Å². The van der Waals surface area contributed by atoms with Gasteiger partial charge in [-0.1, -0.05) is 13.3 Å². The average Bonchev–Trinajstić information content (AvgIpc) is 2.27. The van der Waals surface area contributed by atoms with E-state index < -0.39 is 6.10 Å². The lowest BCUT2D eigenvalue weighted by Crippen LogP contribution is -2.39. The van der Waals surface area contributed by atoms with Gasteiger partial charge in [0.25, 0.3) is 0 Å². The fourth-order valence-electron chi connectivity index (χ4n) is 2.43. The van der Waals surface area contributed by atoms with Crippen molar-refractivity contribution in [1.82, 2.24) is 0 Å². The maximum atomic E-state index is 11.8. The molecular formula is C14H26O4. The van der Waals surface area contributed by atoms with E-state index in [-0.39, 0.29) is 24.3 Å². The van der Waals surface area contributed by atoms with Crippen molar-refractivity contribution in [1.29, 1.82) is 0 Å². The number of rotatable bonds is 6. The third-order valence-electron chi connectivity index (χ3n) is 3.11. The summed E-state index contributed by atoms with van der Waals surface area (Å²) in [5, 5.41) is 0. The molecular weight excluding hydrogens is 232 g/mol. The molecule has 0 N–H and O–H groups in total. The number of hydrogen-bond donors (Lipinski definition) is 0. The van der Waals surface area contributed by atoms with Gasteiger partial charge in [-0.3, -0.25) is 0 Å². The molecule has 3 atom stereocenters. The van der Waals surface area contributed by atoms with E-state index in [1.165, 1.54) is 0 Å². The monoisotopic (exact) mass is 258 g/mol. The predicted molar refractivity (Wildman–Crippen MR) is 69.4 cm³/mol. The zero-order chi connectivity index (χ0) is 13.5. The molecule has 106 valence electrons. The Morgan fingerprint density at radius 3 is 2.39 bits per heavy atom. The average molecular weight is 258 g/mol. The molecule has 3 unspecified atom stereocenters. The highest BCUT2D eigenvalue weighted by Gasteiger charge is 2.30. The first-order chi connectivity index (χ1) is 8.56. The standard InChI is InChI=1S/C14H26O4/c1-5-7-13(14(15)16-6-2)18-12-8-10(3)17-11(4)9-12/h10-13H,5-9H2,1-4H3. The van der Waals surface area contributed by atoms with Crippen LogP contribution in [0, 0.1) is 0 Å². The highest BCUT2D eigenvalue weighted by molar-refractivity contribution is 5.74. The summed E-state index contributed by atoms with van der Waals surface area (Å²) in [4.78, 5) is 11.8. The largest absolute Gasteiger partial charge is 0.464 e. The van der Waals surface area contributed by atoms with Crippen LogP contribution in [0.5, 0.6) is 0 Å². The van der Waals surface area contributed by atoms with Gasteiger partial charge in [-0.05, 0) is 40.0 Å². The van der Waals surface area contributed by atoms with Crippen molar-refractivity contribution >= 4 is 5.97 Å². The minimum atomic E-state index is -0.419. The minimum absolute atomic E-state index is 0.102. The molecule has 0 spiro atoms. The van der Waals surface area contributed by atoms with Crippen molar-refractivity contribution in [3.05, 3.63) is 0 Å². The summed E-state index contributed by atoms with van der Waals surface area (Å²) in [6, 6.07) is 0. The highest BCUT2D eigenvalue weighted by Crippen LogP contribution is 2.23. The first-order valence-electron chi connectivity index (χ1n) is 7.04. The topological polar surface area (TPSA) is 44.8 Å². The summed E-state index contributed by atoms with van der Waals surface area (Å²) in [5.74, 6) is -0.230. The smallest absolute Gasteiger partial charge is 0.335 e. The zero-order valence-corrected chi connectivity index (χ0v) is 12.0. The van der Waals surface area contributed by atoms with Crippen molar-refractivity contribution < 1.29 is 19.0 Å². The van der Waals surface area contributed by atoms with Crippen LogP contribution in [-0.2, 0) is 19.0 Å². The Balaban J connectivity index is 2.51. The van der Waals surface area contributed by atoms with Gasteiger partial charge in [-0.2, -0.15) is 0 Å². The van der Waals surface area contributed by atoms with Gasteiger partial charge in [0.15, 0.2) is 6.10 Å². The van der Waals surface area contributed by atoms with E-state index in [0.29, 0.717) is 6.61 Å². The Bertz CT molecular complexity index is 244. The first-order valence-corrected chi connectivity index (χ1v) is 7.04. The van der Waals surface area contributed by atoms with Gasteiger partial charge in [0.1, 0.15) is 0 Å². The van der Waals surface area contributed by atoms with Gasteiger partial charge in [0.05, 0.1) is 24.9 Å². The first kappa shape index (κ1) is 15.4. The summed E-state index contributed by atoms with van der Waals surface area (Å²) < 4.78 is 16.7. The Hall–Kier alpha value is -0.610. The highest BCUT2D eigenvalue weighted by atomic mass is 16.6. The van der Waals surface area contributed by atoms with E-state index in [2.05, 4.69) is 0 Å². The van der Waals surface area contributed by atoms with Crippen molar-refractivity contribution in [3.63, 3.8) is 0 Å². The van der Waals surface area contributed by atoms with Gasteiger partial charge < -0.3 is 14.2 Å². The van der Waals surface area contributed by atoms with Crippen LogP contribution in [-0.4, -0.2) is 37.0 Å². The maximum absolute atomic E-state index is 11.8. The number of carbonyl (C=O) groups excluding carboxylic acids is 1. The van der Waals surface area contributed by atoms with Gasteiger partial charge in [-0.15, -0.1) is 0 Å². The van der Waals surface area contributed by atoms with Crippen LogP contribution in [0.4, 0.5) is 0 Å². The summed E-state index contributed by atoms with van der Waals surface area (Å²) >= 11 is 0. The van der Waals surface area contributed by atoms with Crippen molar-refractivity contribution in [2.45, 2.75) is 77.8 Å². The zero-order valence-electron chi connectivity index (χ0n) is 12.0. The molecule has 0 amide bonds. The van der Waals surface area contributed by atoms with Crippen molar-refractivity contribution in [2.75, 3.05) is 6.61 Å². The van der Waals surface area contributed by atoms with Crippen LogP contribution >= 0.6 is 0 Å². The van der Waals surface area contributed by atoms with E-state index in [1.807, 2.05) is 27.7 Å². The Morgan fingerprint density at radius 1 is 1.28 bits per heavy atom. The molecule has 0 radical (unpaired) electrons. The van der Waals surface area contributed by atoms with Gasteiger partial charge in [0.2, 0.25) is 0 Å². The summed E-state index contributed by atoms with van der Waals surface area (Å²) in [6.45, 7) is 8.36. The molecule has 18 heavy (non-hydrogen) atoms. The lowest BCUT2D eigenvalue weighted by Gasteiger charge is -2.33. The molecule has 0 bridgehead atoms. The molecule has 1 saturated heterocycles. The molecule has 0 aromatic carbocycles. The lowest BCUT2D eigenvalue weighted by atomic mass is 10.0. The molecule has 0 aromatic rings. The van der Waals surface area contributed by atoms with E-state index in [4.69, 9.17) is 14.2 Å². The second-order valence-electron chi connectivity index (χ2n) is 5.02. The quantitative estimate of drug-likeness (QED) is 0.687. The van der Waals surface area contributed by atoms with Gasteiger partial charge in [-0.25, -0.2) is 4.79 Å². The van der Waals surface area contributed by atoms with Crippen molar-refractivity contribution in [3.8, 4) is 0 Å². The van der Waals surface area contributed by atoms with E-state index in [9.17, 15) is 4.79 Å². The van der Waals surface area contributed by atoms with Gasteiger partial charge in [0, 0.05) is 0 Å². The summed E-state index contributed by atoms with van der Waals surface area (Å²) in [6.07, 6.45) is 3.42. The molecule has 1 aliphatic heterocycles. The Kier molecular flexibility index (Phi) is 6.65. The minimum Gasteiger partial charge on any atom is -0.464 e. The second-order valence-corrected chi connectivity index (χ2v) is 5.02. The third kappa shape index (κ3) is 4.94. The fourth-order valence-corrected chi connectivity index (χ4v) is 2.43. The number of esters is 1. The molecule has 1 aliphatic rings. The molecule has 1 rings (SSSR count). The Morgan fingerprint density at radius 2 is 1.89 bits per heavy atom. The van der Waals surface area contributed by atoms with Crippen LogP contribution < -0.4 is 0 Å². The van der Waals surface area contributed by atoms with Crippen molar-refractivity contribution in [2.24, 2.45) is 0 Å². The van der Waals surface area contributed by atoms with Crippen LogP contribution in [0.1, 0.15) is 53.4 Å². The number of ether oxygens (including phenoxy) is 3. The van der Waals surface area contributed by atoms with Gasteiger partial charge >= 0.3 is 5.97 Å². The normalized spacial score (nSPS) is 29.9. The van der Waals surface area contributed by atoms with Crippen LogP contribution in [0.3, 0.4) is 0 Å². The lowest BCUT2D eigenvalue weighted by molar-refractivity contribution is -0.170. The number of hydrogen-bond acceptors (Lipinski definition) is 4. The second kappa shape index (κ2) is 7.74. The van der Waals surface area contributed by atoms with E-state index >= 15 is 0 Å². The number of carbonyl (C=O) groups is 1. The molecule has 1 fully saturated rings.